The summed E-state index contributed by atoms with van der Waals surface area (Å²) in [6, 6.07) is 0. The van der Waals surface area contributed by atoms with E-state index in [1.807, 2.05) is 0 Å². The number of rotatable bonds is 6. The Hall–Kier alpha value is -2.76. The van der Waals surface area contributed by atoms with Crippen molar-refractivity contribution in [1.29, 1.82) is 0 Å². The number of carbonyl (C=O) groups is 4. The van der Waals surface area contributed by atoms with E-state index < -0.39 is 23.5 Å². The molecule has 0 spiro atoms. The van der Waals surface area contributed by atoms with Crippen LogP contribution in [0.3, 0.4) is 0 Å². The minimum absolute atomic E-state index is 0.0753. The van der Waals surface area contributed by atoms with Gasteiger partial charge in [0, 0.05) is 23.3 Å². The van der Waals surface area contributed by atoms with E-state index in [0.717, 1.165) is 24.3 Å². The summed E-state index contributed by atoms with van der Waals surface area (Å²) in [7, 11) is 0. The minimum Gasteiger partial charge on any atom is -0.463 e. The minimum atomic E-state index is -0.597. The molecule has 0 saturated heterocycles. The van der Waals surface area contributed by atoms with Gasteiger partial charge in [0.1, 0.15) is 0 Å². The molecule has 0 unspecified atom stereocenters. The first-order valence-corrected chi connectivity index (χ1v) is 6.69. The summed E-state index contributed by atoms with van der Waals surface area (Å²) in [5.41, 5.74) is 0.151. The smallest absolute Gasteiger partial charge is 0.330 e. The normalized spacial score (nSPS) is 15.0. The lowest BCUT2D eigenvalue weighted by atomic mass is 9.96. The van der Waals surface area contributed by atoms with Crippen LogP contribution in [0, 0.1) is 0 Å². The number of hydrogen-bond donors (Lipinski definition) is 0. The topological polar surface area (TPSA) is 86.7 Å². The van der Waals surface area contributed by atoms with Gasteiger partial charge in [-0.05, 0) is 38.2 Å². The molecule has 6 heteroatoms. The predicted octanol–water partition coefficient (Wildman–Crippen LogP) is 1.23. The maximum absolute atomic E-state index is 11.8. The number of hydrogen-bond acceptors (Lipinski definition) is 6. The first-order chi connectivity index (χ1) is 10.5. The van der Waals surface area contributed by atoms with Gasteiger partial charge in [-0.25, -0.2) is 9.59 Å². The average molecular weight is 304 g/mol. The molecular weight excluding hydrogens is 288 g/mol. The number of esters is 2. The van der Waals surface area contributed by atoms with Gasteiger partial charge >= 0.3 is 11.9 Å². The second kappa shape index (κ2) is 8.51. The highest BCUT2D eigenvalue weighted by molar-refractivity contribution is 6.22. The van der Waals surface area contributed by atoms with Crippen LogP contribution < -0.4 is 0 Å². The van der Waals surface area contributed by atoms with Gasteiger partial charge in [-0.2, -0.15) is 0 Å². The molecule has 0 aromatic carbocycles. The molecule has 0 heterocycles. The second-order valence-corrected chi connectivity index (χ2v) is 4.10. The van der Waals surface area contributed by atoms with E-state index in [1.54, 1.807) is 13.8 Å². The number of allylic oxidation sites excluding steroid dienone is 6. The zero-order chi connectivity index (χ0) is 16.5. The summed E-state index contributed by atoms with van der Waals surface area (Å²) in [4.78, 5) is 46.0. The molecule has 0 bridgehead atoms. The van der Waals surface area contributed by atoms with E-state index in [9.17, 15) is 19.2 Å². The highest BCUT2D eigenvalue weighted by Crippen LogP contribution is 2.14. The maximum Gasteiger partial charge on any atom is 0.330 e. The van der Waals surface area contributed by atoms with E-state index in [4.69, 9.17) is 0 Å². The fraction of sp³-hybridized carbons (Fsp3) is 0.250. The van der Waals surface area contributed by atoms with Gasteiger partial charge < -0.3 is 9.47 Å². The van der Waals surface area contributed by atoms with Crippen molar-refractivity contribution in [2.24, 2.45) is 0 Å². The third kappa shape index (κ3) is 5.32. The summed E-state index contributed by atoms with van der Waals surface area (Å²) in [5.74, 6) is -2.08. The van der Waals surface area contributed by atoms with Gasteiger partial charge in [0.05, 0.1) is 13.2 Å². The average Bonchev–Trinajstić information content (AvgIpc) is 2.47. The van der Waals surface area contributed by atoms with Crippen LogP contribution in [0.15, 0.2) is 47.6 Å². The van der Waals surface area contributed by atoms with Crippen LogP contribution in [0.5, 0.6) is 0 Å². The molecule has 0 amide bonds. The fourth-order valence-corrected chi connectivity index (χ4v) is 1.55. The third-order valence-electron chi connectivity index (χ3n) is 2.51. The highest BCUT2D eigenvalue weighted by Gasteiger charge is 2.17. The van der Waals surface area contributed by atoms with E-state index in [1.165, 1.54) is 12.2 Å². The van der Waals surface area contributed by atoms with Crippen LogP contribution in [0.1, 0.15) is 13.8 Å². The number of ether oxygens (including phenoxy) is 2. The van der Waals surface area contributed by atoms with Gasteiger partial charge in [0.15, 0.2) is 11.6 Å². The van der Waals surface area contributed by atoms with Crippen LogP contribution in [-0.4, -0.2) is 36.7 Å². The lowest BCUT2D eigenvalue weighted by Crippen LogP contribution is -2.12. The molecule has 0 aromatic heterocycles. The summed E-state index contributed by atoms with van der Waals surface area (Å²) in [5, 5.41) is 0. The molecule has 6 nitrogen and oxygen atoms in total. The summed E-state index contributed by atoms with van der Waals surface area (Å²) < 4.78 is 9.35. The molecule has 1 rings (SSSR count). The van der Waals surface area contributed by atoms with Crippen LogP contribution in [0.4, 0.5) is 0 Å². The standard InChI is InChI=1S/C16H16O6/c1-3-21-15(19)7-5-11-9-14(18)12(10-13(11)17)6-8-16(20)22-4-2/h5-10H,3-4H2,1-2H3/b7-5+,8-6+. The molecule has 22 heavy (non-hydrogen) atoms. The fourth-order valence-electron chi connectivity index (χ4n) is 1.55. The van der Waals surface area contributed by atoms with Crippen molar-refractivity contribution in [3.8, 4) is 0 Å². The van der Waals surface area contributed by atoms with Crippen LogP contribution in [0.25, 0.3) is 0 Å². The third-order valence-corrected chi connectivity index (χ3v) is 2.51. The monoisotopic (exact) mass is 304 g/mol. The van der Waals surface area contributed by atoms with Crippen LogP contribution >= 0.6 is 0 Å². The summed E-state index contributed by atoms with van der Waals surface area (Å²) in [6.07, 6.45) is 6.80. The Kier molecular flexibility index (Phi) is 6.69. The van der Waals surface area contributed by atoms with Crippen molar-refractivity contribution >= 4 is 23.5 Å². The Morgan fingerprint density at radius 2 is 1.23 bits per heavy atom. The predicted molar refractivity (Wildman–Crippen MR) is 77.7 cm³/mol. The Morgan fingerprint density at radius 1 is 0.864 bits per heavy atom. The second-order valence-electron chi connectivity index (χ2n) is 4.10. The molecule has 0 fully saturated rings. The lowest BCUT2D eigenvalue weighted by molar-refractivity contribution is -0.138. The SMILES string of the molecule is CCOC(=O)/C=C/C1=CC(=O)C(/C=C/C(=O)OCC)=CC1=O. The molecule has 0 radical (unpaired) electrons. The van der Waals surface area contributed by atoms with Gasteiger partial charge in [-0.1, -0.05) is 0 Å². The van der Waals surface area contributed by atoms with Gasteiger partial charge in [0.25, 0.3) is 0 Å². The van der Waals surface area contributed by atoms with E-state index >= 15 is 0 Å². The van der Waals surface area contributed by atoms with Crippen LogP contribution in [0.2, 0.25) is 0 Å². The Labute approximate surface area is 127 Å². The first-order valence-electron chi connectivity index (χ1n) is 6.69. The van der Waals surface area contributed by atoms with Crippen molar-refractivity contribution in [3.63, 3.8) is 0 Å². The van der Waals surface area contributed by atoms with Crippen molar-refractivity contribution in [2.75, 3.05) is 13.2 Å². The molecule has 0 saturated carbocycles. The quantitative estimate of drug-likeness (QED) is 0.417. The van der Waals surface area contributed by atoms with E-state index in [0.29, 0.717) is 0 Å². The Balaban J connectivity index is 2.78. The molecule has 1 aliphatic rings. The summed E-state index contributed by atoms with van der Waals surface area (Å²) in [6.45, 7) is 3.76. The maximum atomic E-state index is 11.8. The van der Waals surface area contributed by atoms with E-state index in [2.05, 4.69) is 9.47 Å². The van der Waals surface area contributed by atoms with Crippen molar-refractivity contribution in [2.45, 2.75) is 13.8 Å². The molecule has 0 aliphatic heterocycles. The number of ketones is 2. The Bertz CT molecular complexity index is 550. The van der Waals surface area contributed by atoms with Gasteiger partial charge in [-0.15, -0.1) is 0 Å². The largest absolute Gasteiger partial charge is 0.463 e. The highest BCUT2D eigenvalue weighted by atomic mass is 16.5. The molecule has 1 aliphatic carbocycles. The lowest BCUT2D eigenvalue weighted by Gasteiger charge is -2.06. The zero-order valence-corrected chi connectivity index (χ0v) is 12.3. The Morgan fingerprint density at radius 3 is 1.55 bits per heavy atom. The van der Waals surface area contributed by atoms with Crippen LogP contribution in [-0.2, 0) is 28.7 Å². The van der Waals surface area contributed by atoms with Crippen molar-refractivity contribution in [3.05, 3.63) is 47.6 Å². The van der Waals surface area contributed by atoms with E-state index in [-0.39, 0.29) is 24.4 Å². The molecule has 116 valence electrons. The molecule has 0 aromatic rings. The molecule has 0 atom stereocenters. The zero-order valence-electron chi connectivity index (χ0n) is 12.3. The van der Waals surface area contributed by atoms with Crippen molar-refractivity contribution in [1.82, 2.24) is 0 Å². The van der Waals surface area contributed by atoms with Crippen molar-refractivity contribution < 1.29 is 28.7 Å². The molecular formula is C16H16O6. The summed E-state index contributed by atoms with van der Waals surface area (Å²) >= 11 is 0. The van der Waals surface area contributed by atoms with Gasteiger partial charge in [0.2, 0.25) is 0 Å². The van der Waals surface area contributed by atoms with Gasteiger partial charge in [-0.3, -0.25) is 9.59 Å². The first kappa shape index (κ1) is 17.3. The number of carbonyl (C=O) groups excluding carboxylic acids is 4. The molecule has 0 N–H and O–H groups in total.